The molecule has 0 heterocycles. The molecule has 0 saturated heterocycles. The van der Waals surface area contributed by atoms with Gasteiger partial charge >= 0.3 is 0 Å². The predicted octanol–water partition coefficient (Wildman–Crippen LogP) is 6.79. The molecule has 0 atom stereocenters. The summed E-state index contributed by atoms with van der Waals surface area (Å²) in [6, 6.07) is 4.72. The number of hydrogen-bond acceptors (Lipinski definition) is 0. The van der Waals surface area contributed by atoms with Crippen LogP contribution in [0.1, 0.15) is 80.5 Å². The van der Waals surface area contributed by atoms with Crippen LogP contribution in [0.3, 0.4) is 0 Å². The monoisotopic (exact) mass is 312 g/mol. The van der Waals surface area contributed by atoms with Gasteiger partial charge in [0.05, 0.1) is 0 Å². The summed E-state index contributed by atoms with van der Waals surface area (Å²) in [6.45, 7) is 9.29. The van der Waals surface area contributed by atoms with Gasteiger partial charge in [0.15, 0.2) is 0 Å². The molecule has 2 aliphatic rings. The van der Waals surface area contributed by atoms with E-state index in [9.17, 15) is 0 Å². The molecule has 2 fully saturated rings. The van der Waals surface area contributed by atoms with Crippen molar-refractivity contribution in [3.63, 3.8) is 0 Å². The molecule has 0 radical (unpaired) electrons. The lowest BCUT2D eigenvalue weighted by Crippen LogP contribution is -2.26. The minimum absolute atomic E-state index is 0.939. The first-order valence-electron chi connectivity index (χ1n) is 10.1. The van der Waals surface area contributed by atoms with E-state index < -0.39 is 0 Å². The van der Waals surface area contributed by atoms with E-state index in [1.165, 1.54) is 68.9 Å². The molecule has 2 saturated carbocycles. The summed E-state index contributed by atoms with van der Waals surface area (Å²) in [7, 11) is 0. The van der Waals surface area contributed by atoms with Crippen molar-refractivity contribution in [3.8, 4) is 0 Å². The fraction of sp³-hybridized carbons (Fsp3) is 0.739. The van der Waals surface area contributed by atoms with E-state index in [1.54, 1.807) is 11.1 Å². The van der Waals surface area contributed by atoms with Crippen LogP contribution in [0.4, 0.5) is 0 Å². The minimum Gasteiger partial charge on any atom is -0.0625 e. The highest BCUT2D eigenvalue weighted by Crippen LogP contribution is 2.42. The van der Waals surface area contributed by atoms with E-state index in [0.717, 1.165) is 23.7 Å². The van der Waals surface area contributed by atoms with Gasteiger partial charge in [-0.3, -0.25) is 0 Å². The number of benzene rings is 1. The zero-order valence-electron chi connectivity index (χ0n) is 15.8. The lowest BCUT2D eigenvalue weighted by Gasteiger charge is -2.37. The molecular weight excluding hydrogens is 276 g/mol. The van der Waals surface area contributed by atoms with Crippen molar-refractivity contribution in [1.82, 2.24) is 0 Å². The van der Waals surface area contributed by atoms with Gasteiger partial charge in [0, 0.05) is 0 Å². The molecule has 23 heavy (non-hydrogen) atoms. The van der Waals surface area contributed by atoms with Crippen LogP contribution in [-0.4, -0.2) is 0 Å². The molecule has 0 amide bonds. The Morgan fingerprint density at radius 3 is 1.91 bits per heavy atom. The molecule has 0 bridgehead atoms. The smallest absolute Gasteiger partial charge is 0.0248 e. The first kappa shape index (κ1) is 17.1. The lowest BCUT2D eigenvalue weighted by atomic mass is 9.68. The Balaban J connectivity index is 1.52. The molecule has 0 N–H and O–H groups in total. The fourth-order valence-electron chi connectivity index (χ4n) is 5.17. The van der Waals surface area contributed by atoms with Crippen molar-refractivity contribution in [2.24, 2.45) is 23.7 Å². The summed E-state index contributed by atoms with van der Waals surface area (Å²) >= 11 is 0. The molecule has 1 aromatic carbocycles. The third-order valence-corrected chi connectivity index (χ3v) is 7.30. The first-order valence-corrected chi connectivity index (χ1v) is 10.1. The summed E-state index contributed by atoms with van der Waals surface area (Å²) in [6.07, 6.45) is 13.3. The quantitative estimate of drug-likeness (QED) is 0.576. The highest BCUT2D eigenvalue weighted by Gasteiger charge is 2.30. The van der Waals surface area contributed by atoms with Crippen LogP contribution in [0.2, 0.25) is 0 Å². The number of aryl methyl sites for hydroxylation is 1. The summed E-state index contributed by atoms with van der Waals surface area (Å²) < 4.78 is 0. The van der Waals surface area contributed by atoms with Gasteiger partial charge in [0.2, 0.25) is 0 Å². The Morgan fingerprint density at radius 1 is 0.739 bits per heavy atom. The van der Waals surface area contributed by atoms with Crippen LogP contribution < -0.4 is 0 Å². The van der Waals surface area contributed by atoms with Crippen molar-refractivity contribution in [1.29, 1.82) is 0 Å². The molecule has 0 heteroatoms. The summed E-state index contributed by atoms with van der Waals surface area (Å²) in [4.78, 5) is 0. The highest BCUT2D eigenvalue weighted by atomic mass is 14.4. The van der Waals surface area contributed by atoms with Gasteiger partial charge in [-0.15, -0.1) is 0 Å². The van der Waals surface area contributed by atoms with Crippen LogP contribution in [0.25, 0.3) is 0 Å². The lowest BCUT2D eigenvalue weighted by molar-refractivity contribution is 0.150. The summed E-state index contributed by atoms with van der Waals surface area (Å²) in [5.74, 6) is 4.06. The number of hydrogen-bond donors (Lipinski definition) is 0. The SMILES string of the molecule is Cc1ccc(CC2CCC(C3CCC(C)CC3)CC2)c(C)c1C. The fourth-order valence-corrected chi connectivity index (χ4v) is 5.17. The summed E-state index contributed by atoms with van der Waals surface area (Å²) in [5, 5.41) is 0. The molecule has 1 aromatic rings. The van der Waals surface area contributed by atoms with Gasteiger partial charge in [-0.1, -0.05) is 31.9 Å². The third-order valence-electron chi connectivity index (χ3n) is 7.30. The Morgan fingerprint density at radius 2 is 1.30 bits per heavy atom. The van der Waals surface area contributed by atoms with E-state index in [4.69, 9.17) is 0 Å². The van der Waals surface area contributed by atoms with Crippen LogP contribution in [-0.2, 0) is 6.42 Å². The van der Waals surface area contributed by atoms with Crippen molar-refractivity contribution in [3.05, 3.63) is 34.4 Å². The van der Waals surface area contributed by atoms with Crippen molar-refractivity contribution < 1.29 is 0 Å². The minimum atomic E-state index is 0.939. The van der Waals surface area contributed by atoms with Crippen molar-refractivity contribution in [2.75, 3.05) is 0 Å². The van der Waals surface area contributed by atoms with Gasteiger partial charge in [-0.2, -0.15) is 0 Å². The third kappa shape index (κ3) is 4.01. The average Bonchev–Trinajstić information content (AvgIpc) is 2.57. The maximum atomic E-state index is 2.44. The Bertz CT molecular complexity index is 511. The van der Waals surface area contributed by atoms with Crippen LogP contribution in [0, 0.1) is 44.4 Å². The van der Waals surface area contributed by atoms with E-state index in [0.29, 0.717) is 0 Å². The second-order valence-corrected chi connectivity index (χ2v) is 8.80. The highest BCUT2D eigenvalue weighted by molar-refractivity contribution is 5.38. The standard InChI is InChI=1S/C23H36/c1-16-5-10-21(11-6-16)22-13-8-20(9-14-22)15-23-12-7-17(2)18(3)19(23)4/h7,12,16,20-22H,5-6,8-11,13-15H2,1-4H3. The maximum absolute atomic E-state index is 2.44. The largest absolute Gasteiger partial charge is 0.0625 e. The molecule has 128 valence electrons. The van der Waals surface area contributed by atoms with Gasteiger partial charge in [-0.05, 0) is 112 Å². The molecule has 0 nitrogen and oxygen atoms in total. The zero-order chi connectivity index (χ0) is 16.4. The molecule has 3 rings (SSSR count). The van der Waals surface area contributed by atoms with Gasteiger partial charge in [-0.25, -0.2) is 0 Å². The molecular formula is C23H36. The predicted molar refractivity (Wildman–Crippen MR) is 101 cm³/mol. The Kier molecular flexibility index (Phi) is 5.49. The van der Waals surface area contributed by atoms with Gasteiger partial charge in [0.1, 0.15) is 0 Å². The molecule has 0 aliphatic heterocycles. The van der Waals surface area contributed by atoms with Crippen molar-refractivity contribution >= 4 is 0 Å². The topological polar surface area (TPSA) is 0 Å². The van der Waals surface area contributed by atoms with Gasteiger partial charge in [0.25, 0.3) is 0 Å². The Labute approximate surface area is 144 Å². The van der Waals surface area contributed by atoms with E-state index >= 15 is 0 Å². The van der Waals surface area contributed by atoms with Crippen LogP contribution in [0.5, 0.6) is 0 Å². The Hall–Kier alpha value is -0.780. The van der Waals surface area contributed by atoms with Crippen LogP contribution >= 0.6 is 0 Å². The van der Waals surface area contributed by atoms with E-state index in [1.807, 2.05) is 0 Å². The first-order chi connectivity index (χ1) is 11.0. The molecule has 0 unspecified atom stereocenters. The normalized spacial score (nSPS) is 32.0. The zero-order valence-corrected chi connectivity index (χ0v) is 15.8. The second-order valence-electron chi connectivity index (χ2n) is 8.80. The van der Waals surface area contributed by atoms with Crippen LogP contribution in [0.15, 0.2) is 12.1 Å². The maximum Gasteiger partial charge on any atom is -0.0248 e. The molecule has 0 aromatic heterocycles. The number of rotatable bonds is 3. The molecule has 2 aliphatic carbocycles. The van der Waals surface area contributed by atoms with E-state index in [-0.39, 0.29) is 0 Å². The average molecular weight is 313 g/mol. The van der Waals surface area contributed by atoms with E-state index in [2.05, 4.69) is 39.8 Å². The molecule has 0 spiro atoms. The van der Waals surface area contributed by atoms with Gasteiger partial charge < -0.3 is 0 Å². The second kappa shape index (κ2) is 7.41. The summed E-state index contributed by atoms with van der Waals surface area (Å²) in [5.41, 5.74) is 6.12. The van der Waals surface area contributed by atoms with Crippen molar-refractivity contribution in [2.45, 2.75) is 85.5 Å².